The highest BCUT2D eigenvalue weighted by molar-refractivity contribution is 5.76. The van der Waals surface area contributed by atoms with E-state index in [1.54, 1.807) is 13.8 Å². The van der Waals surface area contributed by atoms with Crippen LogP contribution in [-0.2, 0) is 11.3 Å². The van der Waals surface area contributed by atoms with Crippen LogP contribution in [0.4, 0.5) is 5.69 Å². The second-order valence-electron chi connectivity index (χ2n) is 6.13. The molecule has 0 saturated carbocycles. The summed E-state index contributed by atoms with van der Waals surface area (Å²) in [6.45, 7) is 5.91. The Labute approximate surface area is 150 Å². The average molecular weight is 360 g/mol. The largest absolute Gasteiger partial charge is 0.486 e. The van der Waals surface area contributed by atoms with Crippen molar-refractivity contribution >= 4 is 11.6 Å². The molecular weight excluding hydrogens is 340 g/mol. The van der Waals surface area contributed by atoms with E-state index in [1.807, 2.05) is 25.1 Å². The number of fused-ring (bicyclic) bond motifs is 1. The Balaban J connectivity index is 1.68. The summed E-state index contributed by atoms with van der Waals surface area (Å²) < 4.78 is 12.4. The average Bonchev–Trinajstić information content (AvgIpc) is 2.87. The molecule has 0 bridgehead atoms. The minimum atomic E-state index is -0.482. The van der Waals surface area contributed by atoms with Crippen molar-refractivity contribution < 1.29 is 19.2 Å². The number of hydrogen-bond donors (Lipinski definition) is 1. The molecule has 1 aliphatic heterocycles. The van der Waals surface area contributed by atoms with E-state index < -0.39 is 4.92 Å². The summed E-state index contributed by atoms with van der Waals surface area (Å²) in [5, 5.41) is 18.0. The summed E-state index contributed by atoms with van der Waals surface area (Å²) in [6.07, 6.45) is 0. The molecule has 1 aliphatic rings. The number of ether oxygens (including phenoxy) is 2. The summed E-state index contributed by atoms with van der Waals surface area (Å²) in [5.74, 6) is 1.06. The number of nitro groups is 1. The van der Waals surface area contributed by atoms with Gasteiger partial charge < -0.3 is 14.8 Å². The maximum atomic E-state index is 12.3. The molecule has 0 saturated heterocycles. The molecule has 9 heteroatoms. The van der Waals surface area contributed by atoms with Crippen LogP contribution in [0.5, 0.6) is 11.5 Å². The van der Waals surface area contributed by atoms with Gasteiger partial charge in [0.2, 0.25) is 5.91 Å². The molecule has 1 aromatic carbocycles. The number of nitrogens with zero attached hydrogens (tertiary/aromatic N) is 3. The van der Waals surface area contributed by atoms with E-state index in [4.69, 9.17) is 9.47 Å². The minimum Gasteiger partial charge on any atom is -0.486 e. The summed E-state index contributed by atoms with van der Waals surface area (Å²) in [4.78, 5) is 22.9. The van der Waals surface area contributed by atoms with E-state index in [9.17, 15) is 14.9 Å². The highest BCUT2D eigenvalue weighted by Crippen LogP contribution is 2.32. The fourth-order valence-corrected chi connectivity index (χ4v) is 2.94. The fourth-order valence-electron chi connectivity index (χ4n) is 2.94. The first-order valence-electron chi connectivity index (χ1n) is 8.24. The Kier molecular flexibility index (Phi) is 4.79. The van der Waals surface area contributed by atoms with Gasteiger partial charge in [-0.2, -0.15) is 5.10 Å². The number of hydrogen-bond acceptors (Lipinski definition) is 6. The van der Waals surface area contributed by atoms with Crippen molar-refractivity contribution in [3.8, 4) is 11.5 Å². The molecular formula is C17H20N4O5. The second-order valence-corrected chi connectivity index (χ2v) is 6.13. The van der Waals surface area contributed by atoms with Gasteiger partial charge in [0.1, 0.15) is 31.1 Å². The first kappa shape index (κ1) is 17.7. The molecule has 2 aromatic rings. The number of benzene rings is 1. The van der Waals surface area contributed by atoms with Gasteiger partial charge in [0, 0.05) is 0 Å². The fraction of sp³-hybridized carbons (Fsp3) is 0.412. The monoisotopic (exact) mass is 360 g/mol. The molecule has 1 atom stereocenters. The van der Waals surface area contributed by atoms with E-state index in [0.29, 0.717) is 36.1 Å². The van der Waals surface area contributed by atoms with Gasteiger partial charge in [-0.25, -0.2) is 0 Å². The van der Waals surface area contributed by atoms with Gasteiger partial charge in [0.15, 0.2) is 11.5 Å². The molecule has 0 aliphatic carbocycles. The lowest BCUT2D eigenvalue weighted by Crippen LogP contribution is -2.31. The van der Waals surface area contributed by atoms with Gasteiger partial charge in [-0.05, 0) is 38.5 Å². The highest BCUT2D eigenvalue weighted by Gasteiger charge is 2.23. The number of carbonyl (C=O) groups is 1. The van der Waals surface area contributed by atoms with Gasteiger partial charge >= 0.3 is 5.69 Å². The van der Waals surface area contributed by atoms with Crippen LogP contribution in [0.3, 0.4) is 0 Å². The lowest BCUT2D eigenvalue weighted by Gasteiger charge is -2.21. The maximum absolute atomic E-state index is 12.3. The number of carbonyl (C=O) groups excluding carboxylic acids is 1. The first-order valence-corrected chi connectivity index (χ1v) is 8.24. The number of aryl methyl sites for hydroxylation is 1. The molecule has 0 radical (unpaired) electrons. The summed E-state index contributed by atoms with van der Waals surface area (Å²) in [5.41, 5.74) is 1.47. The third-order valence-corrected chi connectivity index (χ3v) is 4.26. The molecule has 9 nitrogen and oxygen atoms in total. The van der Waals surface area contributed by atoms with Crippen LogP contribution in [0, 0.1) is 24.0 Å². The third-order valence-electron chi connectivity index (χ3n) is 4.26. The van der Waals surface area contributed by atoms with Crippen LogP contribution in [-0.4, -0.2) is 33.8 Å². The maximum Gasteiger partial charge on any atom is 0.312 e. The zero-order chi connectivity index (χ0) is 18.8. The van der Waals surface area contributed by atoms with Crippen molar-refractivity contribution in [3.63, 3.8) is 0 Å². The van der Waals surface area contributed by atoms with Gasteiger partial charge in [0.05, 0.1) is 11.0 Å². The zero-order valence-electron chi connectivity index (χ0n) is 14.8. The Morgan fingerprint density at radius 2 is 2.04 bits per heavy atom. The lowest BCUT2D eigenvalue weighted by molar-refractivity contribution is -0.386. The smallest absolute Gasteiger partial charge is 0.312 e. The molecule has 0 spiro atoms. The Hall–Kier alpha value is -3.10. The van der Waals surface area contributed by atoms with E-state index in [2.05, 4.69) is 10.4 Å². The number of amides is 1. The molecule has 0 fully saturated rings. The van der Waals surface area contributed by atoms with Crippen molar-refractivity contribution in [1.29, 1.82) is 0 Å². The van der Waals surface area contributed by atoms with Crippen LogP contribution in [0.2, 0.25) is 0 Å². The van der Waals surface area contributed by atoms with E-state index in [1.165, 1.54) is 4.68 Å². The van der Waals surface area contributed by atoms with E-state index >= 15 is 0 Å². The van der Waals surface area contributed by atoms with Crippen molar-refractivity contribution in [1.82, 2.24) is 15.1 Å². The van der Waals surface area contributed by atoms with Gasteiger partial charge in [-0.3, -0.25) is 19.6 Å². The molecule has 3 rings (SSSR count). The third kappa shape index (κ3) is 3.46. The Morgan fingerprint density at radius 1 is 1.35 bits per heavy atom. The minimum absolute atomic E-state index is 0.0577. The van der Waals surface area contributed by atoms with Crippen molar-refractivity contribution in [2.75, 3.05) is 13.2 Å². The lowest BCUT2D eigenvalue weighted by atomic mass is 10.1. The summed E-state index contributed by atoms with van der Waals surface area (Å²) >= 11 is 0. The van der Waals surface area contributed by atoms with Crippen molar-refractivity contribution in [2.24, 2.45) is 0 Å². The first-order chi connectivity index (χ1) is 12.4. The van der Waals surface area contributed by atoms with Crippen LogP contribution in [0.25, 0.3) is 0 Å². The number of rotatable bonds is 5. The summed E-state index contributed by atoms with van der Waals surface area (Å²) in [7, 11) is 0. The molecule has 138 valence electrons. The standard InChI is InChI=1S/C17H20N4O5/c1-10(13-4-5-14-15(8-13)26-7-6-25-14)18-16(22)9-20-12(3)17(21(23)24)11(2)19-20/h4-5,8,10H,6-7,9H2,1-3H3,(H,18,22)/t10-/m0/s1. The summed E-state index contributed by atoms with van der Waals surface area (Å²) in [6, 6.07) is 5.27. The van der Waals surface area contributed by atoms with Crippen LogP contribution in [0.1, 0.15) is 29.9 Å². The number of nitrogens with one attached hydrogen (secondary N) is 1. The molecule has 1 N–H and O–H groups in total. The SMILES string of the molecule is Cc1nn(CC(=O)N[C@@H](C)c2ccc3c(c2)OCCO3)c(C)c1[N+](=O)[O-]. The predicted molar refractivity (Wildman–Crippen MR) is 92.3 cm³/mol. The molecule has 2 heterocycles. The van der Waals surface area contributed by atoms with Crippen LogP contribution in [0.15, 0.2) is 18.2 Å². The topological polar surface area (TPSA) is 109 Å². The van der Waals surface area contributed by atoms with Crippen LogP contribution < -0.4 is 14.8 Å². The van der Waals surface area contributed by atoms with Crippen molar-refractivity contribution in [3.05, 3.63) is 45.3 Å². The predicted octanol–water partition coefficient (Wildman–Crippen LogP) is 2.06. The van der Waals surface area contributed by atoms with Gasteiger partial charge in [0.25, 0.3) is 0 Å². The van der Waals surface area contributed by atoms with Gasteiger partial charge in [-0.15, -0.1) is 0 Å². The zero-order valence-corrected chi connectivity index (χ0v) is 14.8. The van der Waals surface area contributed by atoms with E-state index in [0.717, 1.165) is 5.56 Å². The quantitative estimate of drug-likeness (QED) is 0.646. The second kappa shape index (κ2) is 7.03. The Morgan fingerprint density at radius 3 is 2.69 bits per heavy atom. The molecule has 26 heavy (non-hydrogen) atoms. The molecule has 1 amide bonds. The highest BCUT2D eigenvalue weighted by atomic mass is 16.6. The van der Waals surface area contributed by atoms with Gasteiger partial charge in [-0.1, -0.05) is 6.07 Å². The molecule has 0 unspecified atom stereocenters. The van der Waals surface area contributed by atoms with Crippen molar-refractivity contribution in [2.45, 2.75) is 33.4 Å². The number of aromatic nitrogens is 2. The molecule has 1 aromatic heterocycles. The normalized spacial score (nSPS) is 14.0. The van der Waals surface area contributed by atoms with Crippen LogP contribution >= 0.6 is 0 Å². The Bertz CT molecular complexity index is 861. The van der Waals surface area contributed by atoms with E-state index in [-0.39, 0.29) is 24.2 Å².